The Morgan fingerprint density at radius 3 is 2.22 bits per heavy atom. The van der Waals surface area contributed by atoms with Crippen LogP contribution in [0.3, 0.4) is 0 Å². The average Bonchev–Trinajstić information content (AvgIpc) is 2.54. The van der Waals surface area contributed by atoms with E-state index in [1.807, 2.05) is 13.8 Å². The molecule has 0 unspecified atom stereocenters. The highest BCUT2D eigenvalue weighted by Crippen LogP contribution is 2.39. The van der Waals surface area contributed by atoms with Crippen molar-refractivity contribution in [3.8, 4) is 0 Å². The average molecular weight is 321 g/mol. The van der Waals surface area contributed by atoms with Crippen molar-refractivity contribution >= 4 is 0 Å². The molecule has 0 atom stereocenters. The lowest BCUT2D eigenvalue weighted by Gasteiger charge is -2.46. The minimum absolute atomic E-state index is 0.745. The molecule has 3 aliphatic rings. The molecule has 0 bridgehead atoms. The summed E-state index contributed by atoms with van der Waals surface area (Å²) in [5, 5.41) is 0. The summed E-state index contributed by atoms with van der Waals surface area (Å²) in [5.41, 5.74) is 1.60. The van der Waals surface area contributed by atoms with Crippen LogP contribution in [0.1, 0.15) is 73.1 Å². The Morgan fingerprint density at radius 1 is 1.04 bits per heavy atom. The SMILES string of the molecule is CC.CC1=CCN(C2CC(CC3CCN(C(C)C)CC3)C2)CC1. The number of piperidine rings is 1. The van der Waals surface area contributed by atoms with Crippen molar-refractivity contribution in [2.24, 2.45) is 11.8 Å². The molecule has 0 spiro atoms. The highest BCUT2D eigenvalue weighted by molar-refractivity contribution is 5.05. The number of hydrogen-bond acceptors (Lipinski definition) is 2. The van der Waals surface area contributed by atoms with E-state index in [-0.39, 0.29) is 0 Å². The van der Waals surface area contributed by atoms with E-state index < -0.39 is 0 Å². The van der Waals surface area contributed by atoms with E-state index in [0.717, 1.165) is 23.9 Å². The number of likely N-dealkylation sites (tertiary alicyclic amines) is 1. The predicted molar refractivity (Wildman–Crippen MR) is 102 cm³/mol. The maximum Gasteiger partial charge on any atom is 0.0168 e. The molecular formula is C21H40N2. The Bertz CT molecular complexity index is 360. The first-order valence-electron chi connectivity index (χ1n) is 10.3. The van der Waals surface area contributed by atoms with Crippen molar-refractivity contribution in [3.63, 3.8) is 0 Å². The number of nitrogens with zero attached hydrogens (tertiary/aromatic N) is 2. The molecule has 0 aromatic carbocycles. The monoisotopic (exact) mass is 320 g/mol. The lowest BCUT2D eigenvalue weighted by molar-refractivity contribution is 0.0582. The summed E-state index contributed by atoms with van der Waals surface area (Å²) in [6, 6.07) is 1.66. The third kappa shape index (κ3) is 5.32. The van der Waals surface area contributed by atoms with Crippen LogP contribution in [0.25, 0.3) is 0 Å². The predicted octanol–water partition coefficient (Wildman–Crippen LogP) is 4.95. The molecule has 0 amide bonds. The fraction of sp³-hybridized carbons (Fsp3) is 0.905. The van der Waals surface area contributed by atoms with Crippen LogP contribution in [0.5, 0.6) is 0 Å². The Balaban J connectivity index is 0.000000924. The first-order chi connectivity index (χ1) is 11.1. The first-order valence-corrected chi connectivity index (χ1v) is 10.3. The smallest absolute Gasteiger partial charge is 0.0168 e. The van der Waals surface area contributed by atoms with Crippen molar-refractivity contribution in [2.45, 2.75) is 85.2 Å². The van der Waals surface area contributed by atoms with Crippen LogP contribution in [0, 0.1) is 11.8 Å². The van der Waals surface area contributed by atoms with E-state index in [0.29, 0.717) is 0 Å². The summed E-state index contributed by atoms with van der Waals surface area (Å²) >= 11 is 0. The molecule has 1 saturated heterocycles. The molecule has 0 radical (unpaired) electrons. The van der Waals surface area contributed by atoms with Crippen LogP contribution >= 0.6 is 0 Å². The molecule has 0 N–H and O–H groups in total. The van der Waals surface area contributed by atoms with Gasteiger partial charge in [-0.05, 0) is 84.2 Å². The molecule has 0 aromatic rings. The Kier molecular flexibility index (Phi) is 7.62. The first kappa shape index (κ1) is 19.0. The van der Waals surface area contributed by atoms with Gasteiger partial charge in [-0.25, -0.2) is 0 Å². The maximum absolute atomic E-state index is 2.73. The second-order valence-corrected chi connectivity index (χ2v) is 8.10. The summed E-state index contributed by atoms with van der Waals surface area (Å²) in [6.07, 6.45) is 11.1. The van der Waals surface area contributed by atoms with E-state index in [9.17, 15) is 0 Å². The summed E-state index contributed by atoms with van der Waals surface area (Å²) < 4.78 is 0. The van der Waals surface area contributed by atoms with Gasteiger partial charge < -0.3 is 4.90 Å². The van der Waals surface area contributed by atoms with Crippen LogP contribution in [0.4, 0.5) is 0 Å². The van der Waals surface area contributed by atoms with E-state index >= 15 is 0 Å². The minimum Gasteiger partial charge on any atom is -0.301 e. The normalized spacial score (nSPS) is 30.4. The molecule has 2 fully saturated rings. The van der Waals surface area contributed by atoms with Crippen LogP contribution in [0.2, 0.25) is 0 Å². The topological polar surface area (TPSA) is 6.48 Å². The molecule has 23 heavy (non-hydrogen) atoms. The number of hydrogen-bond donors (Lipinski definition) is 0. The Morgan fingerprint density at radius 2 is 1.70 bits per heavy atom. The van der Waals surface area contributed by atoms with Crippen LogP contribution < -0.4 is 0 Å². The van der Waals surface area contributed by atoms with E-state index in [1.54, 1.807) is 5.57 Å². The van der Waals surface area contributed by atoms with E-state index in [1.165, 1.54) is 64.7 Å². The third-order valence-electron chi connectivity index (χ3n) is 6.24. The van der Waals surface area contributed by atoms with Gasteiger partial charge >= 0.3 is 0 Å². The second kappa shape index (κ2) is 9.22. The summed E-state index contributed by atoms with van der Waals surface area (Å²) in [4.78, 5) is 5.38. The molecule has 134 valence electrons. The highest BCUT2D eigenvalue weighted by Gasteiger charge is 2.35. The maximum atomic E-state index is 2.73. The number of rotatable bonds is 4. The summed E-state index contributed by atoms with van der Waals surface area (Å²) in [7, 11) is 0. The van der Waals surface area contributed by atoms with Crippen molar-refractivity contribution in [1.82, 2.24) is 9.80 Å². The Hall–Kier alpha value is -0.340. The van der Waals surface area contributed by atoms with Gasteiger partial charge in [0.1, 0.15) is 0 Å². The molecule has 3 rings (SSSR count). The molecule has 1 aliphatic carbocycles. The van der Waals surface area contributed by atoms with Crippen molar-refractivity contribution in [1.29, 1.82) is 0 Å². The fourth-order valence-electron chi connectivity index (χ4n) is 4.49. The second-order valence-electron chi connectivity index (χ2n) is 8.10. The van der Waals surface area contributed by atoms with Crippen LogP contribution in [-0.2, 0) is 0 Å². The zero-order chi connectivity index (χ0) is 16.8. The van der Waals surface area contributed by atoms with Crippen molar-refractivity contribution < 1.29 is 0 Å². The van der Waals surface area contributed by atoms with Gasteiger partial charge in [0.05, 0.1) is 0 Å². The Labute approximate surface area is 145 Å². The molecular weight excluding hydrogens is 280 g/mol. The zero-order valence-electron chi connectivity index (χ0n) is 16.4. The van der Waals surface area contributed by atoms with Crippen LogP contribution in [-0.4, -0.2) is 48.1 Å². The van der Waals surface area contributed by atoms with Gasteiger partial charge in [-0.3, -0.25) is 4.90 Å². The lowest BCUT2D eigenvalue weighted by Crippen LogP contribution is -2.47. The van der Waals surface area contributed by atoms with Crippen molar-refractivity contribution in [2.75, 3.05) is 26.2 Å². The van der Waals surface area contributed by atoms with Gasteiger partial charge in [0.15, 0.2) is 0 Å². The van der Waals surface area contributed by atoms with Gasteiger partial charge in [0.25, 0.3) is 0 Å². The van der Waals surface area contributed by atoms with Gasteiger partial charge in [-0.15, -0.1) is 0 Å². The lowest BCUT2D eigenvalue weighted by atomic mass is 9.72. The van der Waals surface area contributed by atoms with Crippen LogP contribution in [0.15, 0.2) is 11.6 Å². The molecule has 1 saturated carbocycles. The summed E-state index contributed by atoms with van der Waals surface area (Å²) in [6.45, 7) is 16.2. The molecule has 2 heteroatoms. The van der Waals surface area contributed by atoms with Gasteiger partial charge in [-0.1, -0.05) is 25.5 Å². The standard InChI is InChI=1S/C19H34N2.C2H6/c1-15(2)20-10-6-17(7-11-20)12-18-13-19(14-18)21-8-4-16(3)5-9-21;1-2/h4,15,17-19H,5-14H2,1-3H3;1-2H3. The fourth-order valence-corrected chi connectivity index (χ4v) is 4.49. The zero-order valence-corrected chi connectivity index (χ0v) is 16.4. The van der Waals surface area contributed by atoms with E-state index in [4.69, 9.17) is 0 Å². The van der Waals surface area contributed by atoms with E-state index in [2.05, 4.69) is 36.6 Å². The highest BCUT2D eigenvalue weighted by atomic mass is 15.2. The third-order valence-corrected chi connectivity index (χ3v) is 6.24. The molecule has 2 aliphatic heterocycles. The molecule has 2 nitrogen and oxygen atoms in total. The largest absolute Gasteiger partial charge is 0.301 e. The molecule has 0 aromatic heterocycles. The minimum atomic E-state index is 0.745. The van der Waals surface area contributed by atoms with Gasteiger partial charge in [0, 0.05) is 25.2 Å². The van der Waals surface area contributed by atoms with Gasteiger partial charge in [-0.2, -0.15) is 0 Å². The van der Waals surface area contributed by atoms with Crippen molar-refractivity contribution in [3.05, 3.63) is 11.6 Å². The summed E-state index contributed by atoms with van der Waals surface area (Å²) in [5.74, 6) is 2.06. The quantitative estimate of drug-likeness (QED) is 0.676. The van der Waals surface area contributed by atoms with Gasteiger partial charge in [0.2, 0.25) is 0 Å². The molecule has 2 heterocycles.